The molecule has 8 heteroatoms. The number of nitrogens with one attached hydrogen (secondary N) is 2. The van der Waals surface area contributed by atoms with Gasteiger partial charge in [0.1, 0.15) is 32.5 Å². The van der Waals surface area contributed by atoms with E-state index >= 15 is 0 Å². The van der Waals surface area contributed by atoms with Crippen molar-refractivity contribution < 1.29 is 28.0 Å². The molecule has 1 aromatic carbocycles. The van der Waals surface area contributed by atoms with Gasteiger partial charge in [-0.2, -0.15) is 0 Å². The topological polar surface area (TPSA) is 76.7 Å². The number of likely N-dealkylation sites (N-methyl/N-ethyl adjacent to an activating group) is 2. The van der Waals surface area contributed by atoms with Gasteiger partial charge in [-0.05, 0) is 5.56 Å². The molecule has 1 rings (SSSR count). The van der Waals surface area contributed by atoms with Crippen molar-refractivity contribution >= 4 is 12.2 Å². The fourth-order valence-corrected chi connectivity index (χ4v) is 1.99. The summed E-state index contributed by atoms with van der Waals surface area (Å²) in [7, 11) is 12.1. The maximum Gasteiger partial charge on any atom is 0.409 e. The zero-order valence-electron chi connectivity index (χ0n) is 17.3. The SMILES string of the molecule is C[N+](C)(C)CCOC(=O)NC(NC(=O)OCC[N+](C)(C)C)c1ccccc1. The minimum Gasteiger partial charge on any atom is -0.444 e. The molecule has 0 fully saturated rings. The standard InChI is InChI=1S/C19H32N4O4/c1-22(2,3)12-14-26-18(24)20-17(16-10-8-7-9-11-16)21-19(25)27-15-13-23(4,5)6/h7-11,17H,12-15H2,1-6H3/p+2. The Bertz CT molecular complexity index is 560. The highest BCUT2D eigenvalue weighted by Crippen LogP contribution is 2.10. The van der Waals surface area contributed by atoms with E-state index in [0.717, 1.165) is 5.56 Å². The van der Waals surface area contributed by atoms with Crippen LogP contribution in [0.2, 0.25) is 0 Å². The number of carbonyl (C=O) groups excluding carboxylic acids is 2. The van der Waals surface area contributed by atoms with Crippen LogP contribution >= 0.6 is 0 Å². The van der Waals surface area contributed by atoms with Crippen LogP contribution in [0.5, 0.6) is 0 Å². The fraction of sp³-hybridized carbons (Fsp3) is 0.579. The summed E-state index contributed by atoms with van der Waals surface area (Å²) >= 11 is 0. The van der Waals surface area contributed by atoms with Crippen LogP contribution in [0.3, 0.4) is 0 Å². The molecule has 0 atom stereocenters. The molecule has 0 aliphatic rings. The van der Waals surface area contributed by atoms with Crippen LogP contribution in [0.1, 0.15) is 11.7 Å². The molecule has 0 radical (unpaired) electrons. The van der Waals surface area contributed by atoms with Crippen molar-refractivity contribution in [1.29, 1.82) is 0 Å². The van der Waals surface area contributed by atoms with Crippen LogP contribution in [-0.2, 0) is 9.47 Å². The molecule has 0 unspecified atom stereocenters. The van der Waals surface area contributed by atoms with E-state index in [-0.39, 0.29) is 13.2 Å². The molecule has 27 heavy (non-hydrogen) atoms. The molecule has 0 aliphatic carbocycles. The highest BCUT2D eigenvalue weighted by molar-refractivity contribution is 5.71. The Balaban J connectivity index is 2.61. The Kier molecular flexibility index (Phi) is 8.52. The van der Waals surface area contributed by atoms with Gasteiger partial charge in [0.05, 0.1) is 42.3 Å². The molecule has 0 aliphatic heterocycles. The van der Waals surface area contributed by atoms with Crippen LogP contribution in [0.25, 0.3) is 0 Å². The summed E-state index contributed by atoms with van der Waals surface area (Å²) in [6.07, 6.45) is -1.92. The minimum absolute atomic E-state index is 0.283. The average molecular weight is 383 g/mol. The first-order valence-corrected chi connectivity index (χ1v) is 8.99. The van der Waals surface area contributed by atoms with Gasteiger partial charge in [0.2, 0.25) is 0 Å². The van der Waals surface area contributed by atoms with E-state index in [1.165, 1.54) is 0 Å². The molecule has 0 heterocycles. The van der Waals surface area contributed by atoms with Crippen LogP contribution in [0.15, 0.2) is 30.3 Å². The lowest BCUT2D eigenvalue weighted by atomic mass is 10.2. The molecule has 0 saturated carbocycles. The van der Waals surface area contributed by atoms with Crippen LogP contribution in [0, 0.1) is 0 Å². The van der Waals surface area contributed by atoms with E-state index in [1.807, 2.05) is 72.6 Å². The number of hydrogen-bond donors (Lipinski definition) is 2. The molecule has 2 N–H and O–H groups in total. The molecule has 8 nitrogen and oxygen atoms in total. The van der Waals surface area contributed by atoms with Crippen molar-refractivity contribution in [2.45, 2.75) is 6.17 Å². The molecule has 152 valence electrons. The monoisotopic (exact) mass is 382 g/mol. The second-order valence-corrected chi connectivity index (χ2v) is 8.43. The van der Waals surface area contributed by atoms with Gasteiger partial charge >= 0.3 is 12.2 Å². The van der Waals surface area contributed by atoms with Crippen molar-refractivity contribution in [3.8, 4) is 0 Å². The van der Waals surface area contributed by atoms with Gasteiger partial charge in [-0.25, -0.2) is 9.59 Å². The van der Waals surface area contributed by atoms with E-state index < -0.39 is 18.4 Å². The first-order chi connectivity index (χ1) is 12.5. The lowest BCUT2D eigenvalue weighted by Gasteiger charge is -2.25. The van der Waals surface area contributed by atoms with E-state index in [1.54, 1.807) is 0 Å². The van der Waals surface area contributed by atoms with E-state index in [0.29, 0.717) is 22.1 Å². The summed E-state index contributed by atoms with van der Waals surface area (Å²) in [6.45, 7) is 1.93. The first-order valence-electron chi connectivity index (χ1n) is 8.99. The van der Waals surface area contributed by atoms with Gasteiger partial charge in [0, 0.05) is 0 Å². The zero-order chi connectivity index (χ0) is 20.5. The lowest BCUT2D eigenvalue weighted by Crippen LogP contribution is -2.44. The summed E-state index contributed by atoms with van der Waals surface area (Å²) in [4.78, 5) is 24.2. The third kappa shape index (κ3) is 11.1. The van der Waals surface area contributed by atoms with Crippen LogP contribution in [-0.4, -0.2) is 89.7 Å². The molecule has 2 amide bonds. The second kappa shape index (κ2) is 10.1. The number of amides is 2. The minimum atomic E-state index is -0.737. The average Bonchev–Trinajstić information content (AvgIpc) is 2.52. The Morgan fingerprint density at radius 2 is 1.22 bits per heavy atom. The van der Waals surface area contributed by atoms with Crippen molar-refractivity contribution in [2.24, 2.45) is 0 Å². The summed E-state index contributed by atoms with van der Waals surface area (Å²) < 4.78 is 11.8. The van der Waals surface area contributed by atoms with Gasteiger partial charge < -0.3 is 18.4 Å². The maximum absolute atomic E-state index is 12.1. The summed E-state index contributed by atoms with van der Waals surface area (Å²) in [5, 5.41) is 5.35. The van der Waals surface area contributed by atoms with Gasteiger partial charge in [-0.15, -0.1) is 0 Å². The molecular weight excluding hydrogens is 348 g/mol. The quantitative estimate of drug-likeness (QED) is 0.502. The molecular formula is C19H34N4O4+2. The van der Waals surface area contributed by atoms with E-state index in [2.05, 4.69) is 10.6 Å². The first kappa shape index (κ1) is 22.7. The smallest absolute Gasteiger partial charge is 0.409 e. The van der Waals surface area contributed by atoms with Gasteiger partial charge in [-0.1, -0.05) is 30.3 Å². The third-order valence-corrected chi connectivity index (χ3v) is 3.65. The van der Waals surface area contributed by atoms with Crippen molar-refractivity contribution in [1.82, 2.24) is 10.6 Å². The molecule has 0 saturated heterocycles. The summed E-state index contributed by atoms with van der Waals surface area (Å²) in [5.74, 6) is 0. The summed E-state index contributed by atoms with van der Waals surface area (Å²) in [6, 6.07) is 9.14. The fourth-order valence-electron chi connectivity index (χ4n) is 1.99. The largest absolute Gasteiger partial charge is 0.444 e. The summed E-state index contributed by atoms with van der Waals surface area (Å²) in [5.41, 5.74) is 0.726. The zero-order valence-corrected chi connectivity index (χ0v) is 17.3. The van der Waals surface area contributed by atoms with Crippen LogP contribution < -0.4 is 10.6 Å². The third-order valence-electron chi connectivity index (χ3n) is 3.65. The van der Waals surface area contributed by atoms with Crippen LogP contribution in [0.4, 0.5) is 9.59 Å². The Morgan fingerprint density at radius 3 is 1.59 bits per heavy atom. The van der Waals surface area contributed by atoms with Gasteiger partial charge in [0.15, 0.2) is 0 Å². The normalized spacial score (nSPS) is 11.8. The molecule has 0 aromatic heterocycles. The molecule has 0 spiro atoms. The number of carbonyl (C=O) groups is 2. The number of ether oxygens (including phenoxy) is 2. The van der Waals surface area contributed by atoms with E-state index in [9.17, 15) is 9.59 Å². The highest BCUT2D eigenvalue weighted by atomic mass is 16.6. The highest BCUT2D eigenvalue weighted by Gasteiger charge is 2.19. The number of rotatable bonds is 9. The molecule has 1 aromatic rings. The number of nitrogens with zero attached hydrogens (tertiary/aromatic N) is 2. The van der Waals surface area contributed by atoms with Gasteiger partial charge in [-0.3, -0.25) is 10.6 Å². The predicted octanol–water partition coefficient (Wildman–Crippen LogP) is 1.55. The number of hydrogen-bond acceptors (Lipinski definition) is 4. The number of benzene rings is 1. The van der Waals surface area contributed by atoms with Crippen molar-refractivity contribution in [2.75, 3.05) is 68.6 Å². The van der Waals surface area contributed by atoms with Crippen molar-refractivity contribution in [3.63, 3.8) is 0 Å². The lowest BCUT2D eigenvalue weighted by molar-refractivity contribution is -0.870. The maximum atomic E-state index is 12.1. The number of quaternary nitrogens is 2. The Hall–Kier alpha value is -2.32. The van der Waals surface area contributed by atoms with Crippen molar-refractivity contribution in [3.05, 3.63) is 35.9 Å². The van der Waals surface area contributed by atoms with Gasteiger partial charge in [0.25, 0.3) is 0 Å². The Morgan fingerprint density at radius 1 is 0.815 bits per heavy atom. The predicted molar refractivity (Wildman–Crippen MR) is 104 cm³/mol. The Labute approximate surface area is 162 Å². The molecule has 0 bridgehead atoms. The number of alkyl carbamates (subject to hydrolysis) is 2. The second-order valence-electron chi connectivity index (χ2n) is 8.43. The van der Waals surface area contributed by atoms with E-state index in [4.69, 9.17) is 9.47 Å².